The number of aryl methyl sites for hydroxylation is 1. The molecule has 0 bridgehead atoms. The van der Waals surface area contributed by atoms with Gasteiger partial charge in [0.1, 0.15) is 11.5 Å². The molecule has 2 aromatic carbocycles. The SMILES string of the molecule is Cc1onc(-c2cccc(-c3cccc(NC(=O)C(F)(F)F)c3)c2)c1-c1csc(C2CCN(C(=O)Cc3cccs3)CC2)n1. The molecule has 5 aromatic rings. The number of hydrogen-bond acceptors (Lipinski definition) is 7. The van der Waals surface area contributed by atoms with Crippen LogP contribution in [0.25, 0.3) is 33.6 Å². The lowest BCUT2D eigenvalue weighted by Gasteiger charge is -2.31. The minimum atomic E-state index is -4.98. The normalized spacial score (nSPS) is 14.1. The van der Waals surface area contributed by atoms with Gasteiger partial charge < -0.3 is 14.7 Å². The smallest absolute Gasteiger partial charge is 0.360 e. The fourth-order valence-corrected chi connectivity index (χ4v) is 7.01. The van der Waals surface area contributed by atoms with Gasteiger partial charge in [-0.15, -0.1) is 22.7 Å². The number of thiophene rings is 1. The van der Waals surface area contributed by atoms with Crippen LogP contribution in [0, 0.1) is 6.92 Å². The second-order valence-electron chi connectivity index (χ2n) is 10.6. The fourth-order valence-electron chi connectivity index (χ4n) is 5.34. The zero-order valence-corrected chi connectivity index (χ0v) is 25.2. The van der Waals surface area contributed by atoms with Crippen LogP contribution < -0.4 is 5.32 Å². The summed E-state index contributed by atoms with van der Waals surface area (Å²) >= 11 is 3.19. The van der Waals surface area contributed by atoms with E-state index in [-0.39, 0.29) is 17.5 Å². The number of aromatic nitrogens is 2. The summed E-state index contributed by atoms with van der Waals surface area (Å²) in [5.41, 5.74) is 4.31. The molecular weight excluding hydrogens is 610 g/mol. The van der Waals surface area contributed by atoms with Gasteiger partial charge in [-0.1, -0.05) is 41.6 Å². The van der Waals surface area contributed by atoms with Gasteiger partial charge in [0.25, 0.3) is 0 Å². The number of anilines is 1. The van der Waals surface area contributed by atoms with Gasteiger partial charge in [0.15, 0.2) is 0 Å². The molecule has 0 atom stereocenters. The second-order valence-corrected chi connectivity index (χ2v) is 12.5. The average Bonchev–Trinajstić information content (AvgIpc) is 3.79. The monoisotopic (exact) mass is 636 g/mol. The van der Waals surface area contributed by atoms with Gasteiger partial charge in [0.2, 0.25) is 5.91 Å². The molecule has 7 nitrogen and oxygen atoms in total. The van der Waals surface area contributed by atoms with Crippen LogP contribution in [-0.4, -0.2) is 46.1 Å². The number of carbonyl (C=O) groups excluding carboxylic acids is 2. The quantitative estimate of drug-likeness (QED) is 0.196. The maximum Gasteiger partial charge on any atom is 0.471 e. The summed E-state index contributed by atoms with van der Waals surface area (Å²) in [5.74, 6) is -0.984. The van der Waals surface area contributed by atoms with E-state index in [1.54, 1.807) is 34.8 Å². The minimum absolute atomic E-state index is 0.0425. The molecular formula is C32H27F3N4O3S2. The molecule has 4 heterocycles. The van der Waals surface area contributed by atoms with Crippen molar-refractivity contribution >= 4 is 40.2 Å². The number of carbonyl (C=O) groups is 2. The number of halogens is 3. The number of thiazole rings is 1. The number of benzene rings is 2. The van der Waals surface area contributed by atoms with Crippen molar-refractivity contribution in [3.63, 3.8) is 0 Å². The van der Waals surface area contributed by atoms with Gasteiger partial charge in [-0.2, -0.15) is 13.2 Å². The molecule has 1 N–H and O–H groups in total. The molecule has 0 saturated carbocycles. The number of nitrogens with one attached hydrogen (secondary N) is 1. The van der Waals surface area contributed by atoms with Crippen molar-refractivity contribution in [2.24, 2.45) is 0 Å². The Morgan fingerprint density at radius 1 is 1.00 bits per heavy atom. The van der Waals surface area contributed by atoms with Gasteiger partial charge in [-0.05, 0) is 60.5 Å². The highest BCUT2D eigenvalue weighted by molar-refractivity contribution is 7.10. The first kappa shape index (κ1) is 29.8. The molecule has 1 aliphatic rings. The second kappa shape index (κ2) is 12.4. The Bertz CT molecular complexity index is 1790. The van der Waals surface area contributed by atoms with E-state index in [0.717, 1.165) is 45.1 Å². The molecule has 1 fully saturated rings. The first-order valence-corrected chi connectivity index (χ1v) is 15.7. The highest BCUT2D eigenvalue weighted by atomic mass is 32.1. The van der Waals surface area contributed by atoms with E-state index >= 15 is 0 Å². The highest BCUT2D eigenvalue weighted by Crippen LogP contribution is 2.39. The van der Waals surface area contributed by atoms with E-state index in [4.69, 9.17) is 9.51 Å². The van der Waals surface area contributed by atoms with Crippen molar-refractivity contribution in [1.29, 1.82) is 0 Å². The van der Waals surface area contributed by atoms with Crippen molar-refractivity contribution in [2.45, 2.75) is 38.3 Å². The van der Waals surface area contributed by atoms with Crippen molar-refractivity contribution in [3.8, 4) is 33.6 Å². The van der Waals surface area contributed by atoms with Crippen LogP contribution in [-0.2, 0) is 16.0 Å². The molecule has 0 aliphatic carbocycles. The zero-order chi connectivity index (χ0) is 30.8. The third kappa shape index (κ3) is 6.46. The number of piperidine rings is 1. The zero-order valence-electron chi connectivity index (χ0n) is 23.6. The number of nitrogens with zero attached hydrogens (tertiary/aromatic N) is 3. The average molecular weight is 637 g/mol. The van der Waals surface area contributed by atoms with Crippen LogP contribution in [0.4, 0.5) is 18.9 Å². The van der Waals surface area contributed by atoms with Crippen molar-refractivity contribution < 1.29 is 27.3 Å². The lowest BCUT2D eigenvalue weighted by Crippen LogP contribution is -2.38. The van der Waals surface area contributed by atoms with Gasteiger partial charge >= 0.3 is 12.1 Å². The predicted octanol–water partition coefficient (Wildman–Crippen LogP) is 7.95. The fraction of sp³-hybridized carbons (Fsp3) is 0.250. The molecule has 6 rings (SSSR count). The third-order valence-corrected chi connectivity index (χ3v) is 9.47. The largest absolute Gasteiger partial charge is 0.471 e. The summed E-state index contributed by atoms with van der Waals surface area (Å²) in [5, 5.41) is 11.2. The Kier molecular flexibility index (Phi) is 8.37. The summed E-state index contributed by atoms with van der Waals surface area (Å²) in [6.45, 7) is 3.24. The molecule has 0 radical (unpaired) electrons. The molecule has 12 heteroatoms. The van der Waals surface area contributed by atoms with Gasteiger partial charge in [-0.25, -0.2) is 4.98 Å². The van der Waals surface area contributed by atoms with E-state index in [1.165, 1.54) is 12.1 Å². The van der Waals surface area contributed by atoms with E-state index in [1.807, 2.05) is 64.3 Å². The molecule has 0 spiro atoms. The van der Waals surface area contributed by atoms with Crippen molar-refractivity contribution in [2.75, 3.05) is 18.4 Å². The molecule has 3 aromatic heterocycles. The Hall–Kier alpha value is -4.29. The standard InChI is InChI=1S/C32H27F3N4O3S2/c1-19-28(26-18-44-30(37-26)20-10-12-39(13-11-20)27(40)17-25-9-4-14-43-25)29(38-42-19)23-7-2-5-21(15-23)22-6-3-8-24(16-22)36-31(41)32(33,34)35/h2-9,14-16,18,20H,10-13,17H2,1H3,(H,36,41). The number of rotatable bonds is 7. The number of alkyl halides is 3. The van der Waals surface area contributed by atoms with Crippen LogP contribution in [0.5, 0.6) is 0 Å². The lowest BCUT2D eigenvalue weighted by atomic mass is 9.97. The topological polar surface area (TPSA) is 88.3 Å². The molecule has 1 saturated heterocycles. The number of hydrogen-bond donors (Lipinski definition) is 1. The maximum absolute atomic E-state index is 12.7. The Labute approximate surface area is 259 Å². The third-order valence-electron chi connectivity index (χ3n) is 7.59. The van der Waals surface area contributed by atoms with Crippen LogP contribution in [0.2, 0.25) is 0 Å². The summed E-state index contributed by atoms with van der Waals surface area (Å²) in [6, 6.07) is 17.6. The minimum Gasteiger partial charge on any atom is -0.360 e. The van der Waals surface area contributed by atoms with Crippen LogP contribution in [0.3, 0.4) is 0 Å². The first-order chi connectivity index (χ1) is 21.2. The van der Waals surface area contributed by atoms with Gasteiger partial charge in [-0.3, -0.25) is 9.59 Å². The summed E-state index contributed by atoms with van der Waals surface area (Å²) in [4.78, 5) is 32.2. The van der Waals surface area contributed by atoms with E-state index in [0.29, 0.717) is 36.5 Å². The van der Waals surface area contributed by atoms with Crippen LogP contribution >= 0.6 is 22.7 Å². The maximum atomic E-state index is 12.7. The Morgan fingerprint density at radius 2 is 1.73 bits per heavy atom. The number of likely N-dealkylation sites (tertiary alicyclic amines) is 1. The Balaban J connectivity index is 1.18. The highest BCUT2D eigenvalue weighted by Gasteiger charge is 2.38. The Morgan fingerprint density at radius 3 is 2.45 bits per heavy atom. The van der Waals surface area contributed by atoms with Crippen LogP contribution in [0.15, 0.2) is 75.9 Å². The molecule has 1 aliphatic heterocycles. The van der Waals surface area contributed by atoms with Crippen molar-refractivity contribution in [3.05, 3.63) is 87.1 Å². The van der Waals surface area contributed by atoms with E-state index in [9.17, 15) is 22.8 Å². The molecule has 0 unspecified atom stereocenters. The molecule has 226 valence electrons. The summed E-state index contributed by atoms with van der Waals surface area (Å²) < 4.78 is 43.8. The van der Waals surface area contributed by atoms with Gasteiger partial charge in [0.05, 0.1) is 22.7 Å². The predicted molar refractivity (Wildman–Crippen MR) is 164 cm³/mol. The first-order valence-electron chi connectivity index (χ1n) is 14.0. The van der Waals surface area contributed by atoms with Gasteiger partial charge in [0, 0.05) is 40.5 Å². The molecule has 2 amide bonds. The number of amides is 2. The van der Waals surface area contributed by atoms with E-state index in [2.05, 4.69) is 5.16 Å². The molecule has 44 heavy (non-hydrogen) atoms. The van der Waals surface area contributed by atoms with E-state index < -0.39 is 12.1 Å². The summed E-state index contributed by atoms with van der Waals surface area (Å²) in [7, 11) is 0. The lowest BCUT2D eigenvalue weighted by molar-refractivity contribution is -0.167. The summed E-state index contributed by atoms with van der Waals surface area (Å²) in [6.07, 6.45) is -2.83. The van der Waals surface area contributed by atoms with Crippen molar-refractivity contribution in [1.82, 2.24) is 15.0 Å². The van der Waals surface area contributed by atoms with Crippen LogP contribution in [0.1, 0.15) is 34.4 Å².